The molecule has 1 heterocycles. The lowest BCUT2D eigenvalue weighted by atomic mass is 9.99. The fourth-order valence-electron chi connectivity index (χ4n) is 3.10. The molecule has 1 atom stereocenters. The molecular weight excluding hydrogens is 452 g/mol. The Morgan fingerprint density at radius 2 is 1.89 bits per heavy atom. The number of carbonyl (C=O) groups excluding carboxylic acids is 1. The Kier molecular flexibility index (Phi) is 6.57. The van der Waals surface area contributed by atoms with E-state index in [1.165, 1.54) is 4.31 Å². The number of rotatable bonds is 5. The van der Waals surface area contributed by atoms with Crippen LogP contribution in [0.3, 0.4) is 0 Å². The lowest BCUT2D eigenvalue weighted by Gasteiger charge is -2.31. The highest BCUT2D eigenvalue weighted by Gasteiger charge is 2.33. The summed E-state index contributed by atoms with van der Waals surface area (Å²) in [6.07, 6.45) is 1.32. The van der Waals surface area contributed by atoms with Crippen molar-refractivity contribution in [3.63, 3.8) is 0 Å². The number of hydrogen-bond donors (Lipinski definition) is 1. The zero-order valence-electron chi connectivity index (χ0n) is 14.6. The van der Waals surface area contributed by atoms with E-state index in [1.807, 2.05) is 18.2 Å². The molecule has 5 nitrogen and oxygen atoms in total. The number of sulfonamides is 1. The second-order valence-corrected chi connectivity index (χ2v) is 9.73. The van der Waals surface area contributed by atoms with Crippen molar-refractivity contribution >= 4 is 43.5 Å². The Morgan fingerprint density at radius 3 is 2.59 bits per heavy atom. The van der Waals surface area contributed by atoms with Gasteiger partial charge in [0.1, 0.15) is 0 Å². The smallest absolute Gasteiger partial charge is 0.243 e. The molecular formula is C19H20BrClN2O3S. The second kappa shape index (κ2) is 8.73. The number of carbonyl (C=O) groups is 1. The van der Waals surface area contributed by atoms with Crippen molar-refractivity contribution in [1.29, 1.82) is 0 Å². The van der Waals surface area contributed by atoms with Crippen molar-refractivity contribution in [3.05, 3.63) is 63.6 Å². The van der Waals surface area contributed by atoms with Gasteiger partial charge in [0, 0.05) is 29.1 Å². The first-order chi connectivity index (χ1) is 12.9. The maximum atomic E-state index is 12.9. The van der Waals surface area contributed by atoms with Crippen LogP contribution < -0.4 is 5.32 Å². The Balaban J connectivity index is 1.65. The maximum absolute atomic E-state index is 12.9. The summed E-state index contributed by atoms with van der Waals surface area (Å²) in [5.74, 6) is -0.517. The van der Waals surface area contributed by atoms with Gasteiger partial charge >= 0.3 is 0 Å². The molecule has 1 fully saturated rings. The Hall–Kier alpha value is -1.41. The summed E-state index contributed by atoms with van der Waals surface area (Å²) in [5.41, 5.74) is 0.836. The quantitative estimate of drug-likeness (QED) is 0.721. The van der Waals surface area contributed by atoms with Crippen LogP contribution in [0.1, 0.15) is 18.4 Å². The van der Waals surface area contributed by atoms with Gasteiger partial charge in [0.05, 0.1) is 10.8 Å². The van der Waals surface area contributed by atoms with Gasteiger partial charge in [-0.1, -0.05) is 45.7 Å². The average molecular weight is 472 g/mol. The molecule has 1 saturated heterocycles. The zero-order chi connectivity index (χ0) is 19.4. The van der Waals surface area contributed by atoms with Gasteiger partial charge in [-0.25, -0.2) is 8.42 Å². The van der Waals surface area contributed by atoms with Crippen LogP contribution in [0.4, 0.5) is 0 Å². The zero-order valence-corrected chi connectivity index (χ0v) is 17.7. The van der Waals surface area contributed by atoms with E-state index in [9.17, 15) is 13.2 Å². The van der Waals surface area contributed by atoms with Crippen molar-refractivity contribution < 1.29 is 13.2 Å². The van der Waals surface area contributed by atoms with E-state index in [1.54, 1.807) is 30.3 Å². The van der Waals surface area contributed by atoms with Crippen molar-refractivity contribution in [2.45, 2.75) is 24.3 Å². The molecule has 0 bridgehead atoms. The number of halogens is 2. The Morgan fingerprint density at radius 1 is 1.19 bits per heavy atom. The molecule has 144 valence electrons. The summed E-state index contributed by atoms with van der Waals surface area (Å²) in [4.78, 5) is 12.8. The van der Waals surface area contributed by atoms with Crippen LogP contribution in [0.2, 0.25) is 5.02 Å². The predicted octanol–water partition coefficient (Wildman–Crippen LogP) is 3.82. The molecule has 0 aliphatic carbocycles. The van der Waals surface area contributed by atoms with Gasteiger partial charge in [0.15, 0.2) is 0 Å². The van der Waals surface area contributed by atoms with Gasteiger partial charge in [-0.05, 0) is 48.7 Å². The molecule has 0 saturated carbocycles. The second-order valence-electron chi connectivity index (χ2n) is 6.47. The van der Waals surface area contributed by atoms with Crippen LogP contribution >= 0.6 is 27.5 Å². The number of hydrogen-bond acceptors (Lipinski definition) is 3. The summed E-state index contributed by atoms with van der Waals surface area (Å²) < 4.78 is 27.9. The van der Waals surface area contributed by atoms with E-state index in [0.717, 1.165) is 10.0 Å². The van der Waals surface area contributed by atoms with E-state index in [-0.39, 0.29) is 23.3 Å². The highest BCUT2D eigenvalue weighted by atomic mass is 79.9. The summed E-state index contributed by atoms with van der Waals surface area (Å²) in [5, 5.41) is 3.48. The third kappa shape index (κ3) is 4.90. The minimum Gasteiger partial charge on any atom is -0.352 e. The van der Waals surface area contributed by atoms with E-state index in [4.69, 9.17) is 11.6 Å². The van der Waals surface area contributed by atoms with Gasteiger partial charge in [-0.15, -0.1) is 0 Å². The first-order valence-corrected chi connectivity index (χ1v) is 11.3. The SMILES string of the molecule is O=C(NCc1ccccc1Cl)[C@@H]1CCCN(S(=O)(=O)c2ccc(Br)cc2)C1. The van der Waals surface area contributed by atoms with Gasteiger partial charge in [-0.3, -0.25) is 4.79 Å². The lowest BCUT2D eigenvalue weighted by molar-refractivity contribution is -0.126. The third-order valence-corrected chi connectivity index (χ3v) is 7.39. The molecule has 0 unspecified atom stereocenters. The van der Waals surface area contributed by atoms with E-state index < -0.39 is 10.0 Å². The van der Waals surface area contributed by atoms with Crippen LogP contribution in [0.5, 0.6) is 0 Å². The van der Waals surface area contributed by atoms with Crippen molar-refractivity contribution in [2.75, 3.05) is 13.1 Å². The lowest BCUT2D eigenvalue weighted by Crippen LogP contribution is -2.45. The predicted molar refractivity (Wildman–Crippen MR) is 109 cm³/mol. The Bertz CT molecular complexity index is 919. The molecule has 1 N–H and O–H groups in total. The minimum absolute atomic E-state index is 0.148. The van der Waals surface area contributed by atoms with Crippen LogP contribution in [-0.4, -0.2) is 31.7 Å². The summed E-state index contributed by atoms with van der Waals surface area (Å²) in [7, 11) is -3.61. The molecule has 2 aromatic carbocycles. The van der Waals surface area contributed by atoms with Gasteiger partial charge in [-0.2, -0.15) is 4.31 Å². The summed E-state index contributed by atoms with van der Waals surface area (Å²) >= 11 is 9.42. The van der Waals surface area contributed by atoms with Crippen LogP contribution in [-0.2, 0) is 21.4 Å². The highest BCUT2D eigenvalue weighted by Crippen LogP contribution is 2.25. The van der Waals surface area contributed by atoms with E-state index in [0.29, 0.717) is 31.0 Å². The number of nitrogens with zero attached hydrogens (tertiary/aromatic N) is 1. The molecule has 3 rings (SSSR count). The first kappa shape index (κ1) is 20.3. The highest BCUT2D eigenvalue weighted by molar-refractivity contribution is 9.10. The van der Waals surface area contributed by atoms with Crippen LogP contribution in [0, 0.1) is 5.92 Å². The third-order valence-electron chi connectivity index (χ3n) is 4.62. The van der Waals surface area contributed by atoms with E-state index in [2.05, 4.69) is 21.2 Å². The van der Waals surface area contributed by atoms with E-state index >= 15 is 0 Å². The molecule has 2 aromatic rings. The summed E-state index contributed by atoms with van der Waals surface area (Å²) in [6.45, 7) is 0.938. The molecule has 8 heteroatoms. The van der Waals surface area contributed by atoms with Crippen LogP contribution in [0.15, 0.2) is 57.9 Å². The van der Waals surface area contributed by atoms with Crippen molar-refractivity contribution in [1.82, 2.24) is 9.62 Å². The molecule has 27 heavy (non-hydrogen) atoms. The fraction of sp³-hybridized carbons (Fsp3) is 0.316. The fourth-order valence-corrected chi connectivity index (χ4v) is 5.09. The number of nitrogens with one attached hydrogen (secondary N) is 1. The Labute approximate surface area is 172 Å². The number of amides is 1. The van der Waals surface area contributed by atoms with Crippen molar-refractivity contribution in [3.8, 4) is 0 Å². The molecule has 0 aromatic heterocycles. The van der Waals surface area contributed by atoms with Gasteiger partial charge < -0.3 is 5.32 Å². The molecule has 1 amide bonds. The first-order valence-electron chi connectivity index (χ1n) is 8.65. The van der Waals surface area contributed by atoms with Crippen molar-refractivity contribution in [2.24, 2.45) is 5.92 Å². The molecule has 0 spiro atoms. The number of piperidine rings is 1. The largest absolute Gasteiger partial charge is 0.352 e. The molecule has 1 aliphatic rings. The topological polar surface area (TPSA) is 66.5 Å². The normalized spacial score (nSPS) is 18.2. The van der Waals surface area contributed by atoms with Gasteiger partial charge in [0.2, 0.25) is 15.9 Å². The minimum atomic E-state index is -3.61. The molecule has 0 radical (unpaired) electrons. The monoisotopic (exact) mass is 470 g/mol. The van der Waals surface area contributed by atoms with Gasteiger partial charge in [0.25, 0.3) is 0 Å². The summed E-state index contributed by atoms with van der Waals surface area (Å²) in [6, 6.07) is 13.9. The standard InChI is InChI=1S/C19H20BrClN2O3S/c20-16-7-9-17(10-8-16)27(25,26)23-11-3-5-15(13-23)19(24)22-12-14-4-1-2-6-18(14)21/h1-2,4,6-10,15H,3,5,11-13H2,(H,22,24)/t15-/m1/s1. The van der Waals surface area contributed by atoms with Crippen LogP contribution in [0.25, 0.3) is 0 Å². The molecule has 1 aliphatic heterocycles. The average Bonchev–Trinajstić information content (AvgIpc) is 2.67. The number of benzene rings is 2. The maximum Gasteiger partial charge on any atom is 0.243 e.